The first-order valence-corrected chi connectivity index (χ1v) is 10.9. The molecule has 32 heavy (non-hydrogen) atoms. The summed E-state index contributed by atoms with van der Waals surface area (Å²) >= 11 is 0. The number of benzene rings is 3. The Morgan fingerprint density at radius 1 is 0.969 bits per heavy atom. The minimum Gasteiger partial charge on any atom is -0.494 e. The number of carbonyl (C=O) groups is 1. The number of rotatable bonds is 5. The summed E-state index contributed by atoms with van der Waals surface area (Å²) in [5.41, 5.74) is 3.29. The fraction of sp³-hybridized carbons (Fsp3) is 0.286. The normalized spacial score (nSPS) is 17.7. The Morgan fingerprint density at radius 3 is 2.31 bits per heavy atom. The van der Waals surface area contributed by atoms with Crippen molar-refractivity contribution < 1.29 is 9.53 Å². The maximum absolute atomic E-state index is 14.3. The van der Waals surface area contributed by atoms with Gasteiger partial charge in [0, 0.05) is 11.1 Å². The molecule has 1 unspecified atom stereocenters. The fourth-order valence-corrected chi connectivity index (χ4v) is 4.62. The molecule has 0 saturated heterocycles. The fourth-order valence-electron chi connectivity index (χ4n) is 4.62. The summed E-state index contributed by atoms with van der Waals surface area (Å²) in [5, 5.41) is 0. The predicted molar refractivity (Wildman–Crippen MR) is 128 cm³/mol. The van der Waals surface area contributed by atoms with Crippen LogP contribution < -0.4 is 9.64 Å². The Bertz CT molecular complexity index is 1190. The summed E-state index contributed by atoms with van der Waals surface area (Å²) < 4.78 is 6.09. The van der Waals surface area contributed by atoms with Gasteiger partial charge in [0.15, 0.2) is 0 Å². The van der Waals surface area contributed by atoms with Gasteiger partial charge >= 0.3 is 0 Å². The molecule has 0 aliphatic carbocycles. The Labute approximate surface area is 190 Å². The lowest BCUT2D eigenvalue weighted by Crippen LogP contribution is -2.42. The highest BCUT2D eigenvalue weighted by Gasteiger charge is 2.55. The van der Waals surface area contributed by atoms with Crippen LogP contribution in [0.25, 0.3) is 4.85 Å². The topological polar surface area (TPSA) is 33.9 Å². The molecule has 1 amide bonds. The van der Waals surface area contributed by atoms with Crippen molar-refractivity contribution in [1.29, 1.82) is 0 Å². The minimum absolute atomic E-state index is 0.0205. The summed E-state index contributed by atoms with van der Waals surface area (Å²) in [5.74, 6) is 0.574. The second-order valence-electron chi connectivity index (χ2n) is 9.06. The van der Waals surface area contributed by atoms with Crippen LogP contribution in [0.3, 0.4) is 0 Å². The predicted octanol–water partition coefficient (Wildman–Crippen LogP) is 5.94. The van der Waals surface area contributed by atoms with E-state index < -0.39 is 5.41 Å². The van der Waals surface area contributed by atoms with Crippen molar-refractivity contribution in [2.45, 2.75) is 38.5 Å². The van der Waals surface area contributed by atoms with E-state index in [2.05, 4.69) is 37.7 Å². The van der Waals surface area contributed by atoms with Crippen molar-refractivity contribution in [3.05, 3.63) is 106 Å². The van der Waals surface area contributed by atoms with Crippen molar-refractivity contribution in [3.63, 3.8) is 0 Å². The Kier molecular flexibility index (Phi) is 5.52. The van der Waals surface area contributed by atoms with Crippen molar-refractivity contribution in [2.75, 3.05) is 18.2 Å². The van der Waals surface area contributed by atoms with E-state index in [1.54, 1.807) is 4.90 Å². The number of nitrogens with zero attached hydrogens (tertiary/aromatic N) is 2. The molecular formula is C28H28N2O2. The van der Waals surface area contributed by atoms with Crippen LogP contribution in [-0.4, -0.2) is 19.2 Å². The summed E-state index contributed by atoms with van der Waals surface area (Å²) in [6.07, 6.45) is 0. The summed E-state index contributed by atoms with van der Waals surface area (Å²) in [6, 6.07) is 23.8. The third-order valence-corrected chi connectivity index (χ3v) is 6.13. The van der Waals surface area contributed by atoms with Gasteiger partial charge in [-0.25, -0.2) is 11.5 Å². The van der Waals surface area contributed by atoms with Gasteiger partial charge in [-0.15, -0.1) is 0 Å². The summed E-state index contributed by atoms with van der Waals surface area (Å²) in [7, 11) is 0. The van der Waals surface area contributed by atoms with Gasteiger partial charge in [0.25, 0.3) is 12.6 Å². The van der Waals surface area contributed by atoms with E-state index in [1.807, 2.05) is 67.6 Å². The van der Waals surface area contributed by atoms with E-state index in [0.717, 1.165) is 27.9 Å². The minimum atomic E-state index is -1.09. The largest absolute Gasteiger partial charge is 0.494 e. The van der Waals surface area contributed by atoms with Gasteiger partial charge in [-0.3, -0.25) is 9.64 Å². The van der Waals surface area contributed by atoms with Gasteiger partial charge in [0.1, 0.15) is 11.2 Å². The highest BCUT2D eigenvalue weighted by atomic mass is 16.5. The molecule has 0 saturated carbocycles. The van der Waals surface area contributed by atoms with Crippen LogP contribution >= 0.6 is 0 Å². The van der Waals surface area contributed by atoms with E-state index in [1.165, 1.54) is 0 Å². The molecule has 1 aliphatic rings. The molecular weight excluding hydrogens is 396 g/mol. The zero-order chi connectivity index (χ0) is 22.9. The highest BCUT2D eigenvalue weighted by Crippen LogP contribution is 2.53. The summed E-state index contributed by atoms with van der Waals surface area (Å²) in [6.45, 7) is 16.4. The standard InChI is InChI=1S/C28H28N2O2/c1-6-32-25-17-16-21(27(2,3)4)18-23(25)28(20-12-8-7-9-13-20)22-14-10-11-15-24(22)30(19-29-5)26(28)31/h7-18H,6,19H2,1-4H3. The first-order valence-electron chi connectivity index (χ1n) is 10.9. The van der Waals surface area contributed by atoms with Crippen LogP contribution in [0.1, 0.15) is 49.9 Å². The SMILES string of the molecule is [C-]#[N+]CN1C(=O)C(c2ccccc2)(c2cc(C(C)(C)C)ccc2OCC)c2ccccc21. The molecule has 1 heterocycles. The molecule has 0 aromatic heterocycles. The zero-order valence-corrected chi connectivity index (χ0v) is 19.1. The number of para-hydroxylation sites is 1. The van der Waals surface area contributed by atoms with Crippen LogP contribution in [0.4, 0.5) is 5.69 Å². The lowest BCUT2D eigenvalue weighted by atomic mass is 9.68. The average molecular weight is 425 g/mol. The Morgan fingerprint density at radius 2 is 1.66 bits per heavy atom. The number of fused-ring (bicyclic) bond motifs is 1. The van der Waals surface area contributed by atoms with Gasteiger partial charge < -0.3 is 4.74 Å². The van der Waals surface area contributed by atoms with Crippen LogP contribution in [0.2, 0.25) is 0 Å². The van der Waals surface area contributed by atoms with Crippen LogP contribution in [-0.2, 0) is 15.6 Å². The second-order valence-corrected chi connectivity index (χ2v) is 9.06. The molecule has 3 aromatic carbocycles. The molecule has 0 radical (unpaired) electrons. The molecule has 1 aliphatic heterocycles. The lowest BCUT2D eigenvalue weighted by molar-refractivity contribution is -0.120. The number of carbonyl (C=O) groups excluding carboxylic acids is 1. The quantitative estimate of drug-likeness (QED) is 0.475. The number of amides is 1. The Hall–Kier alpha value is -3.58. The maximum Gasteiger partial charge on any atom is 0.295 e. The monoisotopic (exact) mass is 424 g/mol. The number of hydrogen-bond acceptors (Lipinski definition) is 2. The molecule has 0 N–H and O–H groups in total. The second kappa shape index (κ2) is 8.16. The van der Waals surface area contributed by atoms with E-state index in [4.69, 9.17) is 11.3 Å². The number of ether oxygens (including phenoxy) is 1. The van der Waals surface area contributed by atoms with Gasteiger partial charge in [-0.2, -0.15) is 0 Å². The molecule has 4 rings (SSSR count). The molecule has 4 nitrogen and oxygen atoms in total. The van der Waals surface area contributed by atoms with Crippen molar-refractivity contribution in [3.8, 4) is 5.75 Å². The zero-order valence-electron chi connectivity index (χ0n) is 19.1. The molecule has 0 fully saturated rings. The van der Waals surface area contributed by atoms with Crippen molar-refractivity contribution >= 4 is 11.6 Å². The van der Waals surface area contributed by atoms with E-state index >= 15 is 0 Å². The van der Waals surface area contributed by atoms with Gasteiger partial charge in [0.2, 0.25) is 0 Å². The molecule has 0 spiro atoms. The summed E-state index contributed by atoms with van der Waals surface area (Å²) in [4.78, 5) is 19.5. The molecule has 3 aromatic rings. The Balaban J connectivity index is 2.14. The van der Waals surface area contributed by atoms with E-state index in [9.17, 15) is 4.79 Å². The highest BCUT2D eigenvalue weighted by molar-refractivity contribution is 6.13. The lowest BCUT2D eigenvalue weighted by Gasteiger charge is -2.33. The third kappa shape index (κ3) is 3.26. The van der Waals surface area contributed by atoms with Gasteiger partial charge in [-0.05, 0) is 41.7 Å². The average Bonchev–Trinajstić information content (AvgIpc) is 3.03. The van der Waals surface area contributed by atoms with E-state index in [0.29, 0.717) is 12.4 Å². The first kappa shape index (κ1) is 21.6. The molecule has 1 atom stereocenters. The molecule has 4 heteroatoms. The number of anilines is 1. The van der Waals surface area contributed by atoms with Crippen LogP contribution in [0.5, 0.6) is 5.75 Å². The van der Waals surface area contributed by atoms with Crippen molar-refractivity contribution in [1.82, 2.24) is 0 Å². The van der Waals surface area contributed by atoms with Gasteiger partial charge in [0.05, 0.1) is 12.3 Å². The molecule has 0 bridgehead atoms. The first-order chi connectivity index (χ1) is 15.4. The third-order valence-electron chi connectivity index (χ3n) is 6.13. The van der Waals surface area contributed by atoms with Crippen LogP contribution in [0, 0.1) is 6.57 Å². The van der Waals surface area contributed by atoms with Crippen molar-refractivity contribution in [2.24, 2.45) is 0 Å². The smallest absolute Gasteiger partial charge is 0.295 e. The van der Waals surface area contributed by atoms with Crippen LogP contribution in [0.15, 0.2) is 72.8 Å². The maximum atomic E-state index is 14.3. The number of hydrogen-bond donors (Lipinski definition) is 0. The van der Waals surface area contributed by atoms with Gasteiger partial charge in [-0.1, -0.05) is 75.4 Å². The van der Waals surface area contributed by atoms with E-state index in [-0.39, 0.29) is 18.0 Å². The molecule has 162 valence electrons.